The highest BCUT2D eigenvalue weighted by atomic mass is 35.5. The Bertz CT molecular complexity index is 1260. The minimum Gasteiger partial charge on any atom is -0.454 e. The van der Waals surface area contributed by atoms with Gasteiger partial charge in [-0.1, -0.05) is 17.7 Å². The topological polar surface area (TPSA) is 124 Å². The molecule has 1 atom stereocenters. The van der Waals surface area contributed by atoms with E-state index in [0.29, 0.717) is 42.9 Å². The first-order valence-electron chi connectivity index (χ1n) is 11.3. The van der Waals surface area contributed by atoms with Crippen LogP contribution in [0.3, 0.4) is 0 Å². The Kier molecular flexibility index (Phi) is 6.76. The number of aromatic nitrogens is 4. The Hall–Kier alpha value is -4.06. The minimum absolute atomic E-state index is 0.125. The molecular weight excluding hydrogens is 490 g/mol. The highest BCUT2D eigenvalue weighted by Crippen LogP contribution is 2.32. The van der Waals surface area contributed by atoms with Crippen LogP contribution in [-0.4, -0.2) is 76.0 Å². The first-order valence-corrected chi connectivity index (χ1v) is 11.7. The summed E-state index contributed by atoms with van der Waals surface area (Å²) in [6, 6.07) is 6.82. The standard InChI is InChI=1S/C23H24ClN7O5/c1-34-23(33)29-6-7-31(20-10-19(24)27-22(28-20)30-5-4-25-13-30)16(12-29)9-21(32)26-11-15-2-3-17-18(8-15)36-14-35-17/h2-5,8,10,13,16H,6-7,9,11-12,14H2,1H3,(H,26,32). The Balaban J connectivity index is 1.32. The molecule has 1 saturated heterocycles. The van der Waals surface area contributed by atoms with Crippen LogP contribution in [0.2, 0.25) is 5.15 Å². The van der Waals surface area contributed by atoms with Crippen molar-refractivity contribution in [2.24, 2.45) is 0 Å². The molecule has 1 fully saturated rings. The number of imidazole rings is 1. The predicted octanol–water partition coefficient (Wildman–Crippen LogP) is 2.01. The first-order chi connectivity index (χ1) is 17.5. The van der Waals surface area contributed by atoms with Crippen molar-refractivity contribution >= 4 is 29.4 Å². The van der Waals surface area contributed by atoms with Crippen molar-refractivity contribution in [1.82, 2.24) is 29.7 Å². The van der Waals surface area contributed by atoms with Crippen LogP contribution in [0.25, 0.3) is 5.95 Å². The zero-order valence-corrected chi connectivity index (χ0v) is 20.2. The molecule has 1 unspecified atom stereocenters. The average molecular weight is 514 g/mol. The van der Waals surface area contributed by atoms with Crippen LogP contribution in [0, 0.1) is 0 Å². The number of methoxy groups -OCH3 is 1. The summed E-state index contributed by atoms with van der Waals surface area (Å²) in [5, 5.41) is 3.20. The van der Waals surface area contributed by atoms with E-state index < -0.39 is 6.09 Å². The fourth-order valence-electron chi connectivity index (χ4n) is 4.20. The summed E-state index contributed by atoms with van der Waals surface area (Å²) < 4.78 is 17.3. The van der Waals surface area contributed by atoms with Crippen molar-refractivity contribution in [3.63, 3.8) is 0 Å². The number of anilines is 1. The van der Waals surface area contributed by atoms with Gasteiger partial charge >= 0.3 is 6.09 Å². The third kappa shape index (κ3) is 5.13. The van der Waals surface area contributed by atoms with E-state index >= 15 is 0 Å². The molecule has 2 amide bonds. The second-order valence-corrected chi connectivity index (χ2v) is 8.64. The average Bonchev–Trinajstić information content (AvgIpc) is 3.59. The molecule has 2 aliphatic heterocycles. The Morgan fingerprint density at radius 3 is 2.86 bits per heavy atom. The highest BCUT2D eigenvalue weighted by molar-refractivity contribution is 6.29. The van der Waals surface area contributed by atoms with Crippen LogP contribution < -0.4 is 19.7 Å². The van der Waals surface area contributed by atoms with Crippen LogP contribution >= 0.6 is 11.6 Å². The molecular formula is C23H24ClN7O5. The molecule has 0 saturated carbocycles. The monoisotopic (exact) mass is 513 g/mol. The van der Waals surface area contributed by atoms with Crippen LogP contribution in [0.5, 0.6) is 11.5 Å². The molecule has 0 aliphatic carbocycles. The Labute approximate surface area is 211 Å². The third-order valence-corrected chi connectivity index (χ3v) is 6.16. The molecule has 0 bridgehead atoms. The van der Waals surface area contributed by atoms with E-state index in [9.17, 15) is 9.59 Å². The number of fused-ring (bicyclic) bond motifs is 1. The van der Waals surface area contributed by atoms with Gasteiger partial charge in [0.2, 0.25) is 18.6 Å². The lowest BCUT2D eigenvalue weighted by Crippen LogP contribution is -2.56. The lowest BCUT2D eigenvalue weighted by atomic mass is 10.1. The number of carbonyl (C=O) groups is 2. The molecule has 2 aromatic heterocycles. The summed E-state index contributed by atoms with van der Waals surface area (Å²) >= 11 is 6.30. The van der Waals surface area contributed by atoms with Crippen molar-refractivity contribution in [3.8, 4) is 17.4 Å². The number of nitrogens with zero attached hydrogens (tertiary/aromatic N) is 6. The fraction of sp³-hybridized carbons (Fsp3) is 0.348. The van der Waals surface area contributed by atoms with Crippen LogP contribution in [-0.2, 0) is 16.1 Å². The molecule has 36 heavy (non-hydrogen) atoms. The number of rotatable bonds is 6. The smallest absolute Gasteiger partial charge is 0.409 e. The van der Waals surface area contributed by atoms with Gasteiger partial charge in [-0.3, -0.25) is 9.36 Å². The van der Waals surface area contributed by atoms with Crippen molar-refractivity contribution in [3.05, 3.63) is 53.7 Å². The summed E-state index contributed by atoms with van der Waals surface area (Å²) in [6.07, 6.45) is 4.59. The number of nitrogens with one attached hydrogen (secondary N) is 1. The maximum absolute atomic E-state index is 13.0. The summed E-state index contributed by atoms with van der Waals surface area (Å²) in [6.45, 7) is 1.64. The second-order valence-electron chi connectivity index (χ2n) is 8.25. The molecule has 3 aromatic rings. The van der Waals surface area contributed by atoms with E-state index in [-0.39, 0.29) is 36.9 Å². The van der Waals surface area contributed by atoms with Crippen molar-refractivity contribution in [1.29, 1.82) is 0 Å². The van der Waals surface area contributed by atoms with E-state index in [0.717, 1.165) is 5.56 Å². The van der Waals surface area contributed by atoms with Crippen molar-refractivity contribution < 1.29 is 23.8 Å². The first kappa shape index (κ1) is 23.7. The molecule has 4 heterocycles. The van der Waals surface area contributed by atoms with E-state index in [1.807, 2.05) is 23.1 Å². The zero-order chi connectivity index (χ0) is 25.1. The molecule has 0 radical (unpaired) electrons. The van der Waals surface area contributed by atoms with Crippen LogP contribution in [0.1, 0.15) is 12.0 Å². The summed E-state index contributed by atoms with van der Waals surface area (Å²) in [5.41, 5.74) is 0.886. The highest BCUT2D eigenvalue weighted by Gasteiger charge is 2.33. The van der Waals surface area contributed by atoms with Crippen LogP contribution in [0.4, 0.5) is 10.6 Å². The van der Waals surface area contributed by atoms with Gasteiger partial charge in [-0.15, -0.1) is 0 Å². The number of carbonyl (C=O) groups excluding carboxylic acids is 2. The lowest BCUT2D eigenvalue weighted by molar-refractivity contribution is -0.121. The molecule has 1 aromatic carbocycles. The van der Waals surface area contributed by atoms with Gasteiger partial charge in [0.25, 0.3) is 0 Å². The number of ether oxygens (including phenoxy) is 3. The van der Waals surface area contributed by atoms with Crippen molar-refractivity contribution in [2.75, 3.05) is 38.4 Å². The zero-order valence-electron chi connectivity index (χ0n) is 19.5. The quantitative estimate of drug-likeness (QED) is 0.493. The minimum atomic E-state index is -0.444. The number of piperazine rings is 1. The molecule has 188 valence electrons. The van der Waals surface area contributed by atoms with Gasteiger partial charge in [-0.25, -0.2) is 14.8 Å². The van der Waals surface area contributed by atoms with Crippen LogP contribution in [0.15, 0.2) is 43.0 Å². The van der Waals surface area contributed by atoms with E-state index in [1.54, 1.807) is 34.3 Å². The molecule has 2 aliphatic rings. The molecule has 13 heteroatoms. The lowest BCUT2D eigenvalue weighted by Gasteiger charge is -2.41. The van der Waals surface area contributed by atoms with Gasteiger partial charge in [0.05, 0.1) is 13.2 Å². The van der Waals surface area contributed by atoms with Gasteiger partial charge in [0.1, 0.15) is 17.3 Å². The van der Waals surface area contributed by atoms with Crippen molar-refractivity contribution in [2.45, 2.75) is 19.0 Å². The molecule has 1 N–H and O–H groups in total. The fourth-order valence-corrected chi connectivity index (χ4v) is 4.37. The van der Waals surface area contributed by atoms with Gasteiger partial charge in [-0.05, 0) is 17.7 Å². The summed E-state index contributed by atoms with van der Waals surface area (Å²) in [5.74, 6) is 2.07. The Morgan fingerprint density at radius 1 is 1.19 bits per heavy atom. The maximum Gasteiger partial charge on any atom is 0.409 e. The number of hydrogen-bond acceptors (Lipinski definition) is 9. The van der Waals surface area contributed by atoms with E-state index in [1.165, 1.54) is 7.11 Å². The van der Waals surface area contributed by atoms with Gasteiger partial charge in [0, 0.05) is 51.1 Å². The largest absolute Gasteiger partial charge is 0.454 e. The Morgan fingerprint density at radius 2 is 2.06 bits per heavy atom. The van der Waals surface area contributed by atoms with Gasteiger partial charge < -0.3 is 29.3 Å². The number of halogens is 1. The van der Waals surface area contributed by atoms with Gasteiger partial charge in [0.15, 0.2) is 11.5 Å². The summed E-state index contributed by atoms with van der Waals surface area (Å²) in [4.78, 5) is 41.7. The SMILES string of the molecule is COC(=O)N1CCN(c2cc(Cl)nc(-n3ccnc3)n2)C(CC(=O)NCc2ccc3c(c2)OCO3)C1. The van der Waals surface area contributed by atoms with E-state index in [2.05, 4.69) is 20.3 Å². The number of benzene rings is 1. The molecule has 12 nitrogen and oxygen atoms in total. The van der Waals surface area contributed by atoms with E-state index in [4.69, 9.17) is 25.8 Å². The molecule has 0 spiro atoms. The number of amides is 2. The number of hydrogen-bond donors (Lipinski definition) is 1. The predicted molar refractivity (Wildman–Crippen MR) is 128 cm³/mol. The maximum atomic E-state index is 13.0. The second kappa shape index (κ2) is 10.3. The summed E-state index contributed by atoms with van der Waals surface area (Å²) in [7, 11) is 1.34. The third-order valence-electron chi connectivity index (χ3n) is 5.96. The molecule has 5 rings (SSSR count). The normalized spacial score (nSPS) is 16.7. The van der Waals surface area contributed by atoms with Gasteiger partial charge in [-0.2, -0.15) is 4.98 Å².